The summed E-state index contributed by atoms with van der Waals surface area (Å²) in [6.45, 7) is 0.621. The average molecular weight is 240 g/mol. The summed E-state index contributed by atoms with van der Waals surface area (Å²) in [6, 6.07) is 0. The molecule has 0 atom stereocenters. The number of thiazole rings is 1. The topological polar surface area (TPSA) is 53.4 Å². The number of hydrogen-bond donors (Lipinski definition) is 1. The zero-order valence-corrected chi connectivity index (χ0v) is 10.2. The van der Waals surface area contributed by atoms with E-state index in [0.29, 0.717) is 6.54 Å². The lowest BCUT2D eigenvalue weighted by Crippen LogP contribution is -2.50. The summed E-state index contributed by atoms with van der Waals surface area (Å²) in [5.41, 5.74) is 2.08. The van der Waals surface area contributed by atoms with E-state index in [2.05, 4.69) is 4.98 Å². The van der Waals surface area contributed by atoms with Gasteiger partial charge in [-0.15, -0.1) is 11.3 Å². The Balaban J connectivity index is 2.12. The molecular formula is C11H16N2O2S. The molecule has 0 unspecified atom stereocenters. The van der Waals surface area contributed by atoms with Crippen LogP contribution in [0, 0.1) is 0 Å². The van der Waals surface area contributed by atoms with Crippen LogP contribution in [-0.2, 0) is 11.3 Å². The van der Waals surface area contributed by atoms with Crippen molar-refractivity contribution in [1.29, 1.82) is 0 Å². The van der Waals surface area contributed by atoms with Gasteiger partial charge in [0, 0.05) is 11.9 Å². The van der Waals surface area contributed by atoms with Crippen molar-refractivity contribution in [2.45, 2.75) is 37.8 Å². The molecule has 0 aromatic carbocycles. The van der Waals surface area contributed by atoms with Crippen molar-refractivity contribution >= 4 is 17.3 Å². The first-order valence-electron chi connectivity index (χ1n) is 5.47. The zero-order chi connectivity index (χ0) is 11.6. The third-order valence-electron chi connectivity index (χ3n) is 3.44. The molecule has 0 amide bonds. The smallest absolute Gasteiger partial charge is 0.324 e. The van der Waals surface area contributed by atoms with Crippen LogP contribution in [0.1, 0.15) is 31.4 Å². The van der Waals surface area contributed by atoms with E-state index < -0.39 is 11.5 Å². The minimum atomic E-state index is -0.692. The van der Waals surface area contributed by atoms with Gasteiger partial charge in [-0.1, -0.05) is 12.8 Å². The molecule has 0 bridgehead atoms. The Labute approximate surface area is 98.9 Å². The molecule has 1 aliphatic rings. The third-order valence-corrected chi connectivity index (χ3v) is 4.08. The van der Waals surface area contributed by atoms with Crippen molar-refractivity contribution in [2.75, 3.05) is 7.05 Å². The minimum absolute atomic E-state index is 0.621. The van der Waals surface area contributed by atoms with Gasteiger partial charge in [0.25, 0.3) is 0 Å². The van der Waals surface area contributed by atoms with Gasteiger partial charge in [-0.25, -0.2) is 4.98 Å². The Morgan fingerprint density at radius 2 is 2.31 bits per heavy atom. The second-order valence-electron chi connectivity index (χ2n) is 4.38. The average Bonchev–Trinajstić information content (AvgIpc) is 2.87. The quantitative estimate of drug-likeness (QED) is 0.874. The summed E-state index contributed by atoms with van der Waals surface area (Å²) in [5.74, 6) is -0.692. The normalized spacial score (nSPS) is 19.1. The molecule has 5 heteroatoms. The number of carboxylic acids is 1. The highest BCUT2D eigenvalue weighted by Crippen LogP contribution is 2.35. The molecule has 1 heterocycles. The maximum Gasteiger partial charge on any atom is 0.324 e. The standard InChI is InChI=1S/C11H16N2O2S/c1-13(6-9-7-16-8-12-9)11(10(14)15)4-2-3-5-11/h7-8H,2-6H2,1H3,(H,14,15). The van der Waals surface area contributed by atoms with Gasteiger partial charge in [0.15, 0.2) is 0 Å². The Hall–Kier alpha value is -0.940. The molecule has 4 nitrogen and oxygen atoms in total. The zero-order valence-electron chi connectivity index (χ0n) is 9.35. The molecule has 1 aromatic heterocycles. The lowest BCUT2D eigenvalue weighted by molar-refractivity contribution is -0.150. The highest BCUT2D eigenvalue weighted by Gasteiger charge is 2.44. The molecule has 1 aliphatic carbocycles. The van der Waals surface area contributed by atoms with Gasteiger partial charge in [-0.05, 0) is 19.9 Å². The number of nitrogens with zero attached hydrogens (tertiary/aromatic N) is 2. The number of carbonyl (C=O) groups is 1. The molecule has 1 saturated carbocycles. The van der Waals surface area contributed by atoms with E-state index in [0.717, 1.165) is 31.4 Å². The first-order valence-corrected chi connectivity index (χ1v) is 6.41. The fourth-order valence-corrected chi connectivity index (χ4v) is 2.98. The molecule has 88 valence electrons. The van der Waals surface area contributed by atoms with Crippen LogP contribution in [0.25, 0.3) is 0 Å². The Morgan fingerprint density at radius 1 is 1.62 bits per heavy atom. The third kappa shape index (κ3) is 1.97. The summed E-state index contributed by atoms with van der Waals surface area (Å²) in [6.07, 6.45) is 3.52. The second kappa shape index (κ2) is 4.51. The fraction of sp³-hybridized carbons (Fsp3) is 0.636. The van der Waals surface area contributed by atoms with E-state index >= 15 is 0 Å². The van der Waals surface area contributed by atoms with E-state index in [1.165, 1.54) is 0 Å². The molecule has 0 radical (unpaired) electrons. The lowest BCUT2D eigenvalue weighted by atomic mass is 9.95. The van der Waals surface area contributed by atoms with Crippen LogP contribution in [0.3, 0.4) is 0 Å². The van der Waals surface area contributed by atoms with Crippen molar-refractivity contribution in [3.8, 4) is 0 Å². The molecule has 0 spiro atoms. The summed E-state index contributed by atoms with van der Waals surface area (Å²) in [4.78, 5) is 17.6. The molecule has 1 N–H and O–H groups in total. The van der Waals surface area contributed by atoms with E-state index in [1.54, 1.807) is 16.8 Å². The Kier molecular flexibility index (Phi) is 3.25. The highest BCUT2D eigenvalue weighted by atomic mass is 32.1. The lowest BCUT2D eigenvalue weighted by Gasteiger charge is -2.34. The SMILES string of the molecule is CN(Cc1cscn1)C1(C(=O)O)CCCC1. The number of likely N-dealkylation sites (N-methyl/N-ethyl adjacent to an activating group) is 1. The number of hydrogen-bond acceptors (Lipinski definition) is 4. The van der Waals surface area contributed by atoms with Crippen molar-refractivity contribution in [3.63, 3.8) is 0 Å². The number of aliphatic carboxylic acids is 1. The molecular weight excluding hydrogens is 224 g/mol. The number of rotatable bonds is 4. The van der Waals surface area contributed by atoms with Crippen LogP contribution in [0.2, 0.25) is 0 Å². The van der Waals surface area contributed by atoms with Crippen molar-refractivity contribution in [2.24, 2.45) is 0 Å². The van der Waals surface area contributed by atoms with Crippen molar-refractivity contribution in [1.82, 2.24) is 9.88 Å². The number of carboxylic acid groups (broad SMARTS) is 1. The molecule has 1 fully saturated rings. The van der Waals surface area contributed by atoms with Gasteiger partial charge in [-0.3, -0.25) is 9.69 Å². The van der Waals surface area contributed by atoms with Gasteiger partial charge in [0.1, 0.15) is 5.54 Å². The van der Waals surface area contributed by atoms with E-state index in [9.17, 15) is 9.90 Å². The molecule has 1 aromatic rings. The summed E-state index contributed by atoms with van der Waals surface area (Å²) >= 11 is 1.55. The predicted molar refractivity (Wildman–Crippen MR) is 62.4 cm³/mol. The first kappa shape index (κ1) is 11.5. The van der Waals surface area contributed by atoms with Gasteiger partial charge in [0.05, 0.1) is 11.2 Å². The van der Waals surface area contributed by atoms with E-state index in [-0.39, 0.29) is 0 Å². The number of aromatic nitrogens is 1. The Bertz CT molecular complexity index is 358. The summed E-state index contributed by atoms with van der Waals surface area (Å²) < 4.78 is 0. The van der Waals surface area contributed by atoms with Crippen molar-refractivity contribution in [3.05, 3.63) is 16.6 Å². The van der Waals surface area contributed by atoms with Crippen LogP contribution in [-0.4, -0.2) is 33.5 Å². The molecule has 0 aliphatic heterocycles. The molecule has 16 heavy (non-hydrogen) atoms. The molecule has 2 rings (SSSR count). The van der Waals surface area contributed by atoms with E-state index in [4.69, 9.17) is 0 Å². The van der Waals surface area contributed by atoms with Crippen LogP contribution in [0.15, 0.2) is 10.9 Å². The minimum Gasteiger partial charge on any atom is -0.480 e. The van der Waals surface area contributed by atoms with Crippen molar-refractivity contribution < 1.29 is 9.90 Å². The summed E-state index contributed by atoms with van der Waals surface area (Å²) in [5, 5.41) is 11.4. The maximum absolute atomic E-state index is 11.4. The van der Waals surface area contributed by atoms with Gasteiger partial charge >= 0.3 is 5.97 Å². The maximum atomic E-state index is 11.4. The van der Waals surface area contributed by atoms with Gasteiger partial charge in [-0.2, -0.15) is 0 Å². The predicted octanol–water partition coefficient (Wildman–Crippen LogP) is 1.97. The van der Waals surface area contributed by atoms with E-state index in [1.807, 2.05) is 17.3 Å². The van der Waals surface area contributed by atoms with Gasteiger partial charge < -0.3 is 5.11 Å². The first-order chi connectivity index (χ1) is 7.65. The Morgan fingerprint density at radius 3 is 2.81 bits per heavy atom. The highest BCUT2D eigenvalue weighted by molar-refractivity contribution is 7.07. The monoisotopic (exact) mass is 240 g/mol. The van der Waals surface area contributed by atoms with Crippen LogP contribution >= 0.6 is 11.3 Å². The summed E-state index contributed by atoms with van der Waals surface area (Å²) in [7, 11) is 1.89. The molecule has 0 saturated heterocycles. The fourth-order valence-electron chi connectivity index (χ4n) is 2.43. The van der Waals surface area contributed by atoms with Crippen LogP contribution in [0.4, 0.5) is 0 Å². The second-order valence-corrected chi connectivity index (χ2v) is 5.10. The largest absolute Gasteiger partial charge is 0.480 e. The van der Waals surface area contributed by atoms with Crippen LogP contribution in [0.5, 0.6) is 0 Å². The van der Waals surface area contributed by atoms with Gasteiger partial charge in [0.2, 0.25) is 0 Å². The van der Waals surface area contributed by atoms with Crippen LogP contribution < -0.4 is 0 Å².